The number of carboxylic acid groups (broad SMARTS) is 1. The third-order valence-electron chi connectivity index (χ3n) is 2.47. The second-order valence-corrected chi connectivity index (χ2v) is 3.77. The Morgan fingerprint density at radius 3 is 2.53 bits per heavy atom. The molecule has 1 aromatic carbocycles. The first kappa shape index (κ1) is 13.0. The van der Waals surface area contributed by atoms with Crippen LogP contribution < -0.4 is 5.32 Å². The van der Waals surface area contributed by atoms with Crippen LogP contribution in [0.3, 0.4) is 0 Å². The van der Waals surface area contributed by atoms with Gasteiger partial charge in [-0.15, -0.1) is 0 Å². The number of phenolic OH excluding ortho intramolecular Hbond substituents is 1. The van der Waals surface area contributed by atoms with Crippen LogP contribution in [0.5, 0.6) is 5.75 Å². The van der Waals surface area contributed by atoms with E-state index >= 15 is 0 Å². The molecule has 0 bridgehead atoms. The fourth-order valence-corrected chi connectivity index (χ4v) is 1.38. The molecule has 3 N–H and O–H groups in total. The standard InChI is InChI=1S/C12H15NO4/c1-3-9(12(16)17)13-11(15)8-4-5-10(14)7(2)6-8/h4-6,9,14H,3H2,1-2H3,(H,13,15)(H,16,17). The van der Waals surface area contributed by atoms with Gasteiger partial charge in [0.15, 0.2) is 0 Å². The lowest BCUT2D eigenvalue weighted by Crippen LogP contribution is -2.40. The van der Waals surface area contributed by atoms with Crippen molar-refractivity contribution in [1.29, 1.82) is 0 Å². The first-order valence-electron chi connectivity index (χ1n) is 5.29. The molecule has 0 heterocycles. The number of rotatable bonds is 4. The normalized spacial score (nSPS) is 11.9. The minimum absolute atomic E-state index is 0.104. The number of carbonyl (C=O) groups is 2. The lowest BCUT2D eigenvalue weighted by Gasteiger charge is -2.12. The Bertz CT molecular complexity index is 442. The molecule has 1 rings (SSSR count). The summed E-state index contributed by atoms with van der Waals surface area (Å²) < 4.78 is 0. The Labute approximate surface area is 99.1 Å². The molecule has 1 amide bonds. The number of benzene rings is 1. The molecular weight excluding hydrogens is 222 g/mol. The SMILES string of the molecule is CCC(NC(=O)c1ccc(O)c(C)c1)C(=O)O. The number of carboxylic acids is 1. The summed E-state index contributed by atoms with van der Waals surface area (Å²) in [5, 5.41) is 20.5. The zero-order valence-electron chi connectivity index (χ0n) is 9.73. The fourth-order valence-electron chi connectivity index (χ4n) is 1.38. The Morgan fingerprint density at radius 1 is 1.41 bits per heavy atom. The monoisotopic (exact) mass is 237 g/mol. The number of nitrogens with one attached hydrogen (secondary N) is 1. The number of phenols is 1. The van der Waals surface area contributed by atoms with Gasteiger partial charge in [-0.05, 0) is 37.1 Å². The Kier molecular flexibility index (Phi) is 4.09. The highest BCUT2D eigenvalue weighted by Gasteiger charge is 2.18. The first-order valence-corrected chi connectivity index (χ1v) is 5.29. The van der Waals surface area contributed by atoms with Gasteiger partial charge in [0.1, 0.15) is 11.8 Å². The number of hydrogen-bond acceptors (Lipinski definition) is 3. The second kappa shape index (κ2) is 5.34. The van der Waals surface area contributed by atoms with E-state index in [0.717, 1.165) is 0 Å². The van der Waals surface area contributed by atoms with Crippen molar-refractivity contribution in [3.8, 4) is 5.75 Å². The van der Waals surface area contributed by atoms with E-state index in [1.807, 2.05) is 0 Å². The third kappa shape index (κ3) is 3.21. The molecule has 5 heteroatoms. The summed E-state index contributed by atoms with van der Waals surface area (Å²) in [4.78, 5) is 22.5. The van der Waals surface area contributed by atoms with Crippen LogP contribution in [0.25, 0.3) is 0 Å². The van der Waals surface area contributed by atoms with Gasteiger partial charge in [-0.1, -0.05) is 6.92 Å². The summed E-state index contributed by atoms with van der Waals surface area (Å²) in [7, 11) is 0. The van der Waals surface area contributed by atoms with E-state index in [1.165, 1.54) is 18.2 Å². The van der Waals surface area contributed by atoms with Gasteiger partial charge >= 0.3 is 5.97 Å². The van der Waals surface area contributed by atoms with Gasteiger partial charge in [-0.3, -0.25) is 4.79 Å². The molecule has 92 valence electrons. The minimum atomic E-state index is -1.06. The number of hydrogen-bond donors (Lipinski definition) is 3. The molecule has 0 radical (unpaired) electrons. The zero-order chi connectivity index (χ0) is 13.0. The van der Waals surface area contributed by atoms with Gasteiger partial charge in [0.05, 0.1) is 0 Å². The van der Waals surface area contributed by atoms with Gasteiger partial charge in [-0.2, -0.15) is 0 Å². The first-order chi connectivity index (χ1) is 7.95. The van der Waals surface area contributed by atoms with Crippen molar-refractivity contribution in [2.45, 2.75) is 26.3 Å². The van der Waals surface area contributed by atoms with Crippen LogP contribution in [0.15, 0.2) is 18.2 Å². The van der Waals surface area contributed by atoms with Crippen molar-refractivity contribution >= 4 is 11.9 Å². The van der Waals surface area contributed by atoms with Gasteiger partial charge in [0, 0.05) is 5.56 Å². The summed E-state index contributed by atoms with van der Waals surface area (Å²) in [6.07, 6.45) is 0.318. The van der Waals surface area contributed by atoms with Gasteiger partial charge in [0.2, 0.25) is 0 Å². The quantitative estimate of drug-likeness (QED) is 0.736. The van der Waals surface area contributed by atoms with Crippen LogP contribution >= 0.6 is 0 Å². The van der Waals surface area contributed by atoms with Crippen LogP contribution in [0.1, 0.15) is 29.3 Å². The van der Waals surface area contributed by atoms with E-state index in [2.05, 4.69) is 5.32 Å². The van der Waals surface area contributed by atoms with E-state index in [9.17, 15) is 14.7 Å². The number of aryl methyl sites for hydroxylation is 1. The summed E-state index contributed by atoms with van der Waals surface area (Å²) in [5.74, 6) is -1.41. The van der Waals surface area contributed by atoms with E-state index in [1.54, 1.807) is 13.8 Å². The Hall–Kier alpha value is -2.04. The van der Waals surface area contributed by atoms with Crippen molar-refractivity contribution in [3.63, 3.8) is 0 Å². The average Bonchev–Trinajstić information content (AvgIpc) is 2.28. The van der Waals surface area contributed by atoms with Crippen LogP contribution in [0.2, 0.25) is 0 Å². The lowest BCUT2D eigenvalue weighted by molar-refractivity contribution is -0.139. The largest absolute Gasteiger partial charge is 0.508 e. The fraction of sp³-hybridized carbons (Fsp3) is 0.333. The van der Waals surface area contributed by atoms with E-state index < -0.39 is 17.9 Å². The summed E-state index contributed by atoms with van der Waals surface area (Å²) in [6, 6.07) is 3.48. The van der Waals surface area contributed by atoms with Crippen LogP contribution in [0, 0.1) is 6.92 Å². The predicted octanol–water partition coefficient (Wildman–Crippen LogP) is 1.29. The molecule has 0 saturated heterocycles. The van der Waals surface area contributed by atoms with Gasteiger partial charge in [-0.25, -0.2) is 4.79 Å². The van der Waals surface area contributed by atoms with Crippen LogP contribution in [-0.2, 0) is 4.79 Å². The molecular formula is C12H15NO4. The van der Waals surface area contributed by atoms with E-state index in [0.29, 0.717) is 17.5 Å². The average molecular weight is 237 g/mol. The highest BCUT2D eigenvalue weighted by atomic mass is 16.4. The highest BCUT2D eigenvalue weighted by Crippen LogP contribution is 2.16. The Balaban J connectivity index is 2.82. The maximum atomic E-state index is 11.7. The highest BCUT2D eigenvalue weighted by molar-refractivity contribution is 5.96. The summed E-state index contributed by atoms with van der Waals surface area (Å²) in [6.45, 7) is 3.35. The predicted molar refractivity (Wildman–Crippen MR) is 62.0 cm³/mol. The van der Waals surface area contributed by atoms with E-state index in [-0.39, 0.29) is 5.75 Å². The van der Waals surface area contributed by atoms with Crippen molar-refractivity contribution in [2.75, 3.05) is 0 Å². The van der Waals surface area contributed by atoms with Gasteiger partial charge < -0.3 is 15.5 Å². The Morgan fingerprint density at radius 2 is 2.06 bits per heavy atom. The number of carbonyl (C=O) groups excluding carboxylic acids is 1. The summed E-state index contributed by atoms with van der Waals surface area (Å²) in [5.41, 5.74) is 0.904. The maximum absolute atomic E-state index is 11.7. The third-order valence-corrected chi connectivity index (χ3v) is 2.47. The minimum Gasteiger partial charge on any atom is -0.508 e. The number of aromatic hydroxyl groups is 1. The van der Waals surface area contributed by atoms with Crippen molar-refractivity contribution in [3.05, 3.63) is 29.3 Å². The lowest BCUT2D eigenvalue weighted by atomic mass is 10.1. The van der Waals surface area contributed by atoms with Crippen molar-refractivity contribution in [2.24, 2.45) is 0 Å². The number of aliphatic carboxylic acids is 1. The molecule has 0 saturated carbocycles. The molecule has 0 aliphatic heterocycles. The van der Waals surface area contributed by atoms with Crippen molar-refractivity contribution in [1.82, 2.24) is 5.32 Å². The molecule has 0 fully saturated rings. The molecule has 0 spiro atoms. The van der Waals surface area contributed by atoms with Gasteiger partial charge in [0.25, 0.3) is 5.91 Å². The molecule has 1 aromatic rings. The topological polar surface area (TPSA) is 86.6 Å². The zero-order valence-corrected chi connectivity index (χ0v) is 9.73. The maximum Gasteiger partial charge on any atom is 0.326 e. The molecule has 17 heavy (non-hydrogen) atoms. The van der Waals surface area contributed by atoms with Crippen LogP contribution in [0.4, 0.5) is 0 Å². The summed E-state index contributed by atoms with van der Waals surface area (Å²) >= 11 is 0. The molecule has 0 aliphatic rings. The number of amides is 1. The second-order valence-electron chi connectivity index (χ2n) is 3.77. The van der Waals surface area contributed by atoms with E-state index in [4.69, 9.17) is 5.11 Å². The smallest absolute Gasteiger partial charge is 0.326 e. The molecule has 1 atom stereocenters. The molecule has 0 aliphatic carbocycles. The molecule has 1 unspecified atom stereocenters. The molecule has 5 nitrogen and oxygen atoms in total. The van der Waals surface area contributed by atoms with Crippen molar-refractivity contribution < 1.29 is 19.8 Å². The molecule has 0 aromatic heterocycles. The van der Waals surface area contributed by atoms with Crippen LogP contribution in [-0.4, -0.2) is 28.1 Å².